The van der Waals surface area contributed by atoms with Crippen LogP contribution in [0.2, 0.25) is 0 Å². The van der Waals surface area contributed by atoms with E-state index < -0.39 is 125 Å². The maximum Gasteiger partial charge on any atom is 0.407 e. The van der Waals surface area contributed by atoms with Crippen molar-refractivity contribution >= 4 is 30.0 Å². The molecule has 16 heteroatoms. The van der Waals surface area contributed by atoms with Gasteiger partial charge in [-0.2, -0.15) is 0 Å². The lowest BCUT2D eigenvalue weighted by molar-refractivity contribution is -0.405. The minimum Gasteiger partial charge on any atom is -0.456 e. The largest absolute Gasteiger partial charge is 0.456 e. The fraction of sp³-hybridized carbons (Fsp3) is 0.674. The van der Waals surface area contributed by atoms with E-state index in [2.05, 4.69) is 11.9 Å². The number of fused-ring (bicyclic) bond motifs is 4. The highest BCUT2D eigenvalue weighted by atomic mass is 16.7. The van der Waals surface area contributed by atoms with Gasteiger partial charge in [0.05, 0.1) is 30.2 Å². The van der Waals surface area contributed by atoms with E-state index in [0.29, 0.717) is 11.1 Å². The van der Waals surface area contributed by atoms with Crippen molar-refractivity contribution < 1.29 is 72.1 Å². The van der Waals surface area contributed by atoms with Gasteiger partial charge in [-0.1, -0.05) is 59.4 Å². The summed E-state index contributed by atoms with van der Waals surface area (Å²) in [4.78, 5) is 68.1. The zero-order valence-corrected chi connectivity index (χ0v) is 37.6. The fourth-order valence-electron chi connectivity index (χ4n) is 10.7. The lowest BCUT2D eigenvalue weighted by Crippen LogP contribution is -2.83. The number of carbonyl (C=O) groups is 5. The molecule has 3 N–H and O–H groups in total. The number of amides is 1. The smallest absolute Gasteiger partial charge is 0.407 e. The van der Waals surface area contributed by atoms with Crippen LogP contribution in [-0.2, 0) is 52.3 Å². The molecule has 2 bridgehead atoms. The van der Waals surface area contributed by atoms with E-state index in [1.807, 2.05) is 20.8 Å². The molecule has 5 aliphatic rings. The number of benzene rings is 1. The molecule has 0 radical (unpaired) electrons. The Morgan fingerprint density at radius 1 is 0.984 bits per heavy atom. The Balaban J connectivity index is 1.57. The molecule has 4 fully saturated rings. The first-order valence-electron chi connectivity index (χ1n) is 21.3. The average molecular weight is 870 g/mol. The van der Waals surface area contributed by atoms with E-state index in [1.54, 1.807) is 71.9 Å². The monoisotopic (exact) mass is 869 g/mol. The van der Waals surface area contributed by atoms with Crippen molar-refractivity contribution in [2.45, 2.75) is 167 Å². The molecule has 1 aromatic rings. The van der Waals surface area contributed by atoms with Crippen LogP contribution < -0.4 is 5.32 Å². The zero-order chi connectivity index (χ0) is 45.9. The maximum atomic E-state index is 14.4. The number of aliphatic hydroxyl groups excluding tert-OH is 1. The Labute approximate surface area is 362 Å². The lowest BCUT2D eigenvalue weighted by Gasteiger charge is -2.71. The van der Waals surface area contributed by atoms with Crippen LogP contribution in [0.1, 0.15) is 106 Å². The molecule has 0 spiro atoms. The Morgan fingerprint density at radius 3 is 2.19 bits per heavy atom. The highest BCUT2D eigenvalue weighted by molar-refractivity contribution is 5.89. The van der Waals surface area contributed by atoms with E-state index in [4.69, 9.17) is 37.9 Å². The first-order valence-corrected chi connectivity index (χ1v) is 21.3. The van der Waals surface area contributed by atoms with Crippen LogP contribution in [-0.4, -0.2) is 119 Å². The number of nitrogens with one attached hydrogen (secondary N) is 1. The lowest BCUT2D eigenvalue weighted by atomic mass is 9.44. The summed E-state index contributed by atoms with van der Waals surface area (Å²) >= 11 is 0. The summed E-state index contributed by atoms with van der Waals surface area (Å²) in [5.41, 5.74) is -6.65. The maximum absolute atomic E-state index is 14.4. The van der Waals surface area contributed by atoms with E-state index >= 15 is 0 Å². The predicted molar refractivity (Wildman–Crippen MR) is 220 cm³/mol. The molecular formula is C46H63NO15. The molecule has 1 amide bonds. The number of hydrogen-bond acceptors (Lipinski definition) is 15. The van der Waals surface area contributed by atoms with Gasteiger partial charge in [-0.15, -0.1) is 0 Å². The van der Waals surface area contributed by atoms with E-state index in [9.17, 15) is 34.2 Å². The van der Waals surface area contributed by atoms with Crippen LogP contribution in [0.15, 0.2) is 54.1 Å². The molecule has 3 aliphatic carbocycles. The summed E-state index contributed by atoms with van der Waals surface area (Å²) < 4.78 is 50.2. The van der Waals surface area contributed by atoms with Gasteiger partial charge in [0.15, 0.2) is 24.1 Å². The summed E-state index contributed by atoms with van der Waals surface area (Å²) in [7, 11) is 0. The summed E-state index contributed by atoms with van der Waals surface area (Å²) in [5.74, 6) is -4.57. The van der Waals surface area contributed by atoms with Gasteiger partial charge >= 0.3 is 30.0 Å². The Kier molecular flexibility index (Phi) is 12.9. The van der Waals surface area contributed by atoms with E-state index in [1.165, 1.54) is 19.9 Å². The van der Waals surface area contributed by atoms with Crippen LogP contribution in [0.25, 0.3) is 0 Å². The third kappa shape index (κ3) is 8.28. The number of rotatable bonds is 11. The molecule has 13 atom stereocenters. The van der Waals surface area contributed by atoms with Gasteiger partial charge in [0.1, 0.15) is 35.6 Å². The van der Waals surface area contributed by atoms with Gasteiger partial charge in [0.2, 0.25) is 0 Å². The third-order valence-electron chi connectivity index (χ3n) is 13.4. The molecule has 2 saturated carbocycles. The molecule has 0 aromatic heterocycles. The highest BCUT2D eigenvalue weighted by Crippen LogP contribution is 2.67. The predicted octanol–water partition coefficient (Wildman–Crippen LogP) is 4.87. The van der Waals surface area contributed by atoms with Gasteiger partial charge in [0.25, 0.3) is 0 Å². The molecule has 2 saturated heterocycles. The average Bonchev–Trinajstić information content (AvgIpc) is 3.15. The van der Waals surface area contributed by atoms with E-state index in [-0.39, 0.29) is 30.9 Å². The Hall–Kier alpha value is -4.35. The first kappa shape index (κ1) is 47.1. The van der Waals surface area contributed by atoms with Gasteiger partial charge in [-0.05, 0) is 69.4 Å². The standard InChI is InChI=1S/C46H63NO15/c1-13-32-58-30-20-31-45(22-55-31,61-26(6)49)36-38(60-39(51)27-17-15-14-16-18-27)46(54)21-29(57-40(52)34(50)28(19-23(2)3)47-41(53)62-42(7,8)9)24(4)33(43(46,10)11)35(56-25(5)48)37(59-32)44(30,36)12/h13-18,23,28-32,34-38,50,54H,1,19-22H2,2-12H3,(H,47,53)/t28-,29-,30?,31?,32?,34?,35-,36?,37-,38-,44?,45-,46?/m0/s1. The van der Waals surface area contributed by atoms with Crippen LogP contribution in [0.5, 0.6) is 0 Å². The second-order valence-corrected chi connectivity index (χ2v) is 19.5. The number of ether oxygens (including phenoxy) is 8. The zero-order valence-electron chi connectivity index (χ0n) is 37.6. The van der Waals surface area contributed by atoms with Crippen molar-refractivity contribution in [3.8, 4) is 0 Å². The minimum atomic E-state index is -2.23. The second-order valence-electron chi connectivity index (χ2n) is 19.5. The molecule has 62 heavy (non-hydrogen) atoms. The quantitative estimate of drug-likeness (QED) is 0.154. The van der Waals surface area contributed by atoms with Gasteiger partial charge < -0.3 is 53.4 Å². The van der Waals surface area contributed by atoms with Crippen LogP contribution in [0.4, 0.5) is 4.79 Å². The molecule has 1 aromatic carbocycles. The first-order chi connectivity index (χ1) is 28.8. The number of carbonyl (C=O) groups excluding carboxylic acids is 5. The van der Waals surface area contributed by atoms with E-state index in [0.717, 1.165) is 0 Å². The number of alkyl carbamates (subject to hydrolysis) is 1. The van der Waals surface area contributed by atoms with Crippen molar-refractivity contribution in [3.05, 3.63) is 59.7 Å². The Morgan fingerprint density at radius 2 is 1.65 bits per heavy atom. The Bertz CT molecular complexity index is 1960. The SMILES string of the molecule is C=CC1OC2CC3OC[C@@]3(OC(C)=O)C3[C@H](OC(=O)c4ccccc4)C4(O)C[C@H](OC(=O)C(O)[C@H](CC(C)C)NC(=O)OC(C)(C)C)C(C)=C([C@H](OC(C)=O)[C@H](O1)C23C)C4(C)C. The number of hydrogen-bond donors (Lipinski definition) is 3. The molecule has 7 unspecified atom stereocenters. The van der Waals surface area contributed by atoms with Crippen molar-refractivity contribution in [1.82, 2.24) is 5.32 Å². The summed E-state index contributed by atoms with van der Waals surface area (Å²) in [5, 5.41) is 28.1. The molecule has 342 valence electrons. The molecule has 2 heterocycles. The highest BCUT2D eigenvalue weighted by Gasteiger charge is 2.79. The molecule has 16 nitrogen and oxygen atoms in total. The third-order valence-corrected chi connectivity index (χ3v) is 13.4. The van der Waals surface area contributed by atoms with Crippen molar-refractivity contribution in [2.24, 2.45) is 22.7 Å². The normalized spacial score (nSPS) is 35.5. The van der Waals surface area contributed by atoms with Gasteiger partial charge in [-0.3, -0.25) is 9.59 Å². The topological polar surface area (TPSA) is 212 Å². The van der Waals surface area contributed by atoms with Crippen molar-refractivity contribution in [3.63, 3.8) is 0 Å². The van der Waals surface area contributed by atoms with Crippen LogP contribution >= 0.6 is 0 Å². The summed E-state index contributed by atoms with van der Waals surface area (Å²) in [6.07, 6.45) is -9.36. The number of esters is 4. The number of aliphatic hydroxyl groups is 2. The fourth-order valence-corrected chi connectivity index (χ4v) is 10.7. The van der Waals surface area contributed by atoms with Gasteiger partial charge in [0, 0.05) is 37.5 Å². The van der Waals surface area contributed by atoms with Crippen LogP contribution in [0, 0.1) is 22.7 Å². The molecule has 6 rings (SSSR count). The van der Waals surface area contributed by atoms with Crippen LogP contribution in [0.3, 0.4) is 0 Å². The van der Waals surface area contributed by atoms with Crippen molar-refractivity contribution in [1.29, 1.82) is 0 Å². The second kappa shape index (κ2) is 17.0. The summed E-state index contributed by atoms with van der Waals surface area (Å²) in [6.45, 7) is 21.9. The molecule has 2 aliphatic heterocycles. The molecular weight excluding hydrogens is 806 g/mol. The van der Waals surface area contributed by atoms with Gasteiger partial charge in [-0.25, -0.2) is 14.4 Å². The summed E-state index contributed by atoms with van der Waals surface area (Å²) in [6, 6.07) is 7.04. The minimum absolute atomic E-state index is 0.0926. The van der Waals surface area contributed by atoms with Crippen molar-refractivity contribution in [2.75, 3.05) is 6.61 Å².